The Labute approximate surface area is 392 Å². The highest BCUT2D eigenvalue weighted by Crippen LogP contribution is 2.27. The predicted molar refractivity (Wildman–Crippen MR) is 258 cm³/mol. The van der Waals surface area contributed by atoms with E-state index in [-0.39, 0.29) is 19.3 Å². The van der Waals surface area contributed by atoms with Gasteiger partial charge in [-0.05, 0) is 121 Å². The van der Waals surface area contributed by atoms with Crippen LogP contribution in [0.5, 0.6) is 5.75 Å². The molecule has 0 saturated heterocycles. The van der Waals surface area contributed by atoms with Gasteiger partial charge < -0.3 is 39.9 Å². The third-order valence-electron chi connectivity index (χ3n) is 9.98. The van der Waals surface area contributed by atoms with Gasteiger partial charge in [0.25, 0.3) is 0 Å². The maximum absolute atomic E-state index is 15.2. The van der Waals surface area contributed by atoms with E-state index in [4.69, 9.17) is 18.9 Å². The molecule has 0 bridgehead atoms. The molecule has 0 fully saturated rings. The van der Waals surface area contributed by atoms with E-state index in [1.807, 2.05) is 78.9 Å². The number of para-hydroxylation sites is 1. The van der Waals surface area contributed by atoms with Crippen LogP contribution in [0.3, 0.4) is 0 Å². The second kappa shape index (κ2) is 22.3. The van der Waals surface area contributed by atoms with Crippen molar-refractivity contribution in [1.82, 2.24) is 20.9 Å². The lowest BCUT2D eigenvalue weighted by atomic mass is 9.99. The van der Waals surface area contributed by atoms with Crippen molar-refractivity contribution in [2.45, 2.75) is 128 Å². The molecule has 0 aliphatic rings. The van der Waals surface area contributed by atoms with Crippen LogP contribution in [-0.4, -0.2) is 82.1 Å². The van der Waals surface area contributed by atoms with Gasteiger partial charge in [0.2, 0.25) is 11.8 Å². The van der Waals surface area contributed by atoms with Gasteiger partial charge in [-0.2, -0.15) is 0 Å². The van der Waals surface area contributed by atoms with Crippen LogP contribution in [0.15, 0.2) is 109 Å². The number of ether oxygens (including phenoxy) is 4. The van der Waals surface area contributed by atoms with Crippen LogP contribution in [0.25, 0.3) is 10.9 Å². The second-order valence-corrected chi connectivity index (χ2v) is 20.3. The number of esters is 2. The maximum Gasteiger partial charge on any atom is 0.407 e. The largest absolute Gasteiger partial charge is 0.497 e. The molecule has 3 amide bonds. The lowest BCUT2D eigenvalue weighted by Gasteiger charge is -2.31. The van der Waals surface area contributed by atoms with Crippen LogP contribution in [0, 0.1) is 0 Å². The number of fused-ring (bicyclic) bond motifs is 1. The number of carbonyl (C=O) groups is 5. The molecule has 0 aliphatic carbocycles. The second-order valence-electron chi connectivity index (χ2n) is 19.1. The number of amides is 3. The van der Waals surface area contributed by atoms with E-state index in [1.54, 1.807) is 99.9 Å². The van der Waals surface area contributed by atoms with E-state index in [1.165, 1.54) is 11.8 Å². The lowest BCUT2D eigenvalue weighted by Crippen LogP contribution is -2.57. The Hall–Kier alpha value is -6.28. The van der Waals surface area contributed by atoms with Crippen molar-refractivity contribution in [3.05, 3.63) is 137 Å². The van der Waals surface area contributed by atoms with Gasteiger partial charge >= 0.3 is 18.0 Å². The zero-order valence-corrected chi connectivity index (χ0v) is 40.4. The van der Waals surface area contributed by atoms with E-state index in [9.17, 15) is 19.2 Å². The number of hydrogen-bond donors (Lipinski definition) is 4. The third kappa shape index (κ3) is 16.0. The Bertz CT molecular complexity index is 2420. The average molecular weight is 921 g/mol. The fraction of sp³-hybridized carbons (Fsp3) is 0.404. The fourth-order valence-electron chi connectivity index (χ4n) is 7.01. The summed E-state index contributed by atoms with van der Waals surface area (Å²) in [5.74, 6) is -1.25. The smallest absolute Gasteiger partial charge is 0.407 e. The molecule has 5 rings (SSSR count). The number of aromatic nitrogens is 1. The quantitative estimate of drug-likeness (QED) is 0.0492. The SMILES string of the molecule is COc1ccc(CS[C@H](C(=O)N[C@@H](Cc2c[nH]c3ccccc23)C(=O)N[C@@H](Cc2ccccc2)C(=O)OC(C)(C)C)[C@H](Cc2ccc(C(=O)OC(C)(C)C)cc2)NC(=O)OC(C)(C)C)cc1. The molecule has 14 heteroatoms. The molecular formula is C52H64N4O9S. The number of carbonyl (C=O) groups excluding carboxylic acids is 5. The van der Waals surface area contributed by atoms with Gasteiger partial charge in [0, 0.05) is 35.7 Å². The highest BCUT2D eigenvalue weighted by Gasteiger charge is 2.36. The normalized spacial score (nSPS) is 13.7. The van der Waals surface area contributed by atoms with E-state index < -0.39 is 70.0 Å². The molecule has 4 atom stereocenters. The third-order valence-corrected chi connectivity index (χ3v) is 11.4. The Morgan fingerprint density at radius 3 is 1.79 bits per heavy atom. The lowest BCUT2D eigenvalue weighted by molar-refractivity contribution is -0.158. The standard InChI is InChI=1S/C52H64N4O9S/c1-50(2,3)63-47(59)36-24-20-34(21-25-36)28-41(56-49(61)65-52(7,8)9)44(66-32-35-22-26-38(62-10)27-23-35)46(58)54-42(30-37-31-53-40-19-15-14-18-39(37)40)45(57)55-43(48(60)64-51(4,5)6)29-33-16-12-11-13-17-33/h11-27,31,41-44,53H,28-30,32H2,1-10H3,(H,54,58)(H,55,57)(H,56,61)/t41-,42-,43-,44-/m0/s1. The molecule has 5 aromatic rings. The van der Waals surface area contributed by atoms with Crippen molar-refractivity contribution in [2.75, 3.05) is 7.11 Å². The molecule has 0 spiro atoms. The van der Waals surface area contributed by atoms with Gasteiger partial charge in [-0.3, -0.25) is 9.59 Å². The zero-order chi connectivity index (χ0) is 48.2. The monoisotopic (exact) mass is 920 g/mol. The molecule has 0 radical (unpaired) electrons. The molecule has 13 nitrogen and oxygen atoms in total. The summed E-state index contributed by atoms with van der Waals surface area (Å²) in [5.41, 5.74) is 1.96. The average Bonchev–Trinajstić information content (AvgIpc) is 3.64. The van der Waals surface area contributed by atoms with Gasteiger partial charge in [-0.15, -0.1) is 11.8 Å². The van der Waals surface area contributed by atoms with Gasteiger partial charge in [0.15, 0.2) is 0 Å². The molecule has 66 heavy (non-hydrogen) atoms. The van der Waals surface area contributed by atoms with Crippen molar-refractivity contribution in [2.24, 2.45) is 0 Å². The minimum Gasteiger partial charge on any atom is -0.497 e. The number of rotatable bonds is 18. The number of thioether (sulfide) groups is 1. The van der Waals surface area contributed by atoms with Crippen LogP contribution < -0.4 is 20.7 Å². The molecule has 4 aromatic carbocycles. The van der Waals surface area contributed by atoms with E-state index in [2.05, 4.69) is 20.9 Å². The molecule has 4 N–H and O–H groups in total. The Morgan fingerprint density at radius 2 is 1.17 bits per heavy atom. The maximum atomic E-state index is 15.2. The molecule has 0 saturated carbocycles. The first-order valence-electron chi connectivity index (χ1n) is 22.0. The predicted octanol–water partition coefficient (Wildman–Crippen LogP) is 8.67. The molecular weight excluding hydrogens is 857 g/mol. The van der Waals surface area contributed by atoms with E-state index in [0.717, 1.165) is 27.6 Å². The minimum absolute atomic E-state index is 0.0557. The Kier molecular flexibility index (Phi) is 17.1. The highest BCUT2D eigenvalue weighted by molar-refractivity contribution is 7.99. The van der Waals surface area contributed by atoms with Gasteiger partial charge in [0.05, 0.1) is 18.7 Å². The number of alkyl carbamates (subject to hydrolysis) is 1. The van der Waals surface area contributed by atoms with Crippen molar-refractivity contribution >= 4 is 52.5 Å². The number of methoxy groups -OCH3 is 1. The van der Waals surface area contributed by atoms with Gasteiger partial charge in [-0.25, -0.2) is 14.4 Å². The summed E-state index contributed by atoms with van der Waals surface area (Å²) in [5, 5.41) is 8.80. The zero-order valence-electron chi connectivity index (χ0n) is 39.6. The summed E-state index contributed by atoms with van der Waals surface area (Å²) in [6.45, 7) is 15.9. The number of hydrogen-bond acceptors (Lipinski definition) is 10. The minimum atomic E-state index is -1.20. The van der Waals surface area contributed by atoms with Gasteiger partial charge in [0.1, 0.15) is 39.9 Å². The van der Waals surface area contributed by atoms with Crippen LogP contribution in [0.1, 0.15) is 94.9 Å². The van der Waals surface area contributed by atoms with Gasteiger partial charge in [-0.1, -0.05) is 72.8 Å². The van der Waals surface area contributed by atoms with Crippen LogP contribution >= 0.6 is 11.8 Å². The topological polar surface area (TPSA) is 174 Å². The summed E-state index contributed by atoms with van der Waals surface area (Å²) in [7, 11) is 1.58. The summed E-state index contributed by atoms with van der Waals surface area (Å²) < 4.78 is 22.5. The molecule has 0 aliphatic heterocycles. The molecule has 1 heterocycles. The van der Waals surface area contributed by atoms with Crippen molar-refractivity contribution in [3.63, 3.8) is 0 Å². The Balaban J connectivity index is 1.54. The summed E-state index contributed by atoms with van der Waals surface area (Å²) in [4.78, 5) is 73.5. The van der Waals surface area contributed by atoms with Crippen molar-refractivity contribution in [1.29, 1.82) is 0 Å². The van der Waals surface area contributed by atoms with E-state index in [0.29, 0.717) is 22.6 Å². The Morgan fingerprint density at radius 1 is 0.591 bits per heavy atom. The summed E-state index contributed by atoms with van der Waals surface area (Å²) in [6, 6.07) is 28.0. The summed E-state index contributed by atoms with van der Waals surface area (Å²) in [6.07, 6.45) is 1.40. The first-order valence-corrected chi connectivity index (χ1v) is 23.1. The number of aromatic amines is 1. The summed E-state index contributed by atoms with van der Waals surface area (Å²) >= 11 is 1.28. The van der Waals surface area contributed by atoms with Crippen LogP contribution in [0.4, 0.5) is 4.79 Å². The highest BCUT2D eigenvalue weighted by atomic mass is 32.2. The van der Waals surface area contributed by atoms with Crippen LogP contribution in [-0.2, 0) is 53.6 Å². The fourth-order valence-corrected chi connectivity index (χ4v) is 8.20. The number of nitrogens with one attached hydrogen (secondary N) is 4. The first-order chi connectivity index (χ1) is 31.1. The molecule has 1 aromatic heterocycles. The van der Waals surface area contributed by atoms with Crippen molar-refractivity contribution < 1.29 is 42.9 Å². The molecule has 352 valence electrons. The molecule has 0 unspecified atom stereocenters. The number of benzene rings is 4. The van der Waals surface area contributed by atoms with E-state index >= 15 is 4.79 Å². The number of H-pyrrole nitrogens is 1. The first kappa shape index (κ1) is 50.7. The van der Waals surface area contributed by atoms with Crippen molar-refractivity contribution in [3.8, 4) is 5.75 Å². The van der Waals surface area contributed by atoms with Crippen LogP contribution in [0.2, 0.25) is 0 Å².